The number of piperidine rings is 1. The highest BCUT2D eigenvalue weighted by atomic mass is 32.2. The standard InChI is InChI=1S/C18H26N2O2S.CH4O3S/c21-17(19-13-6-2-1-3-7-13)14-12-23-18-10-5-4-8-16(18)20(22)11-9-15(14)18;1-5(2,3)4/h4-5,8,10,13-16,22H,1-3,6-7,9,11-12H2,(H,19,21);1H3,(H,2,3,4). The lowest BCUT2D eigenvalue weighted by Gasteiger charge is -2.47. The van der Waals surface area contributed by atoms with E-state index in [1.54, 1.807) is 0 Å². The minimum atomic E-state index is -3.67. The molecular weight excluding hydrogens is 400 g/mol. The lowest BCUT2D eigenvalue weighted by Crippen LogP contribution is -2.57. The van der Waals surface area contributed by atoms with Crippen LogP contribution in [-0.4, -0.2) is 64.5 Å². The van der Waals surface area contributed by atoms with Crippen molar-refractivity contribution in [2.45, 2.75) is 55.4 Å². The summed E-state index contributed by atoms with van der Waals surface area (Å²) < 4.78 is 25.7. The van der Waals surface area contributed by atoms with E-state index < -0.39 is 10.1 Å². The zero-order valence-corrected chi connectivity index (χ0v) is 17.8. The first-order chi connectivity index (χ1) is 13.2. The molecule has 28 heavy (non-hydrogen) atoms. The molecule has 0 aromatic carbocycles. The molecule has 2 heterocycles. The van der Waals surface area contributed by atoms with Gasteiger partial charge in [0.15, 0.2) is 0 Å². The molecule has 2 aliphatic heterocycles. The number of allylic oxidation sites excluding steroid dienone is 2. The third-order valence-corrected chi connectivity index (χ3v) is 7.79. The van der Waals surface area contributed by atoms with Crippen molar-refractivity contribution in [1.82, 2.24) is 10.4 Å². The van der Waals surface area contributed by atoms with Gasteiger partial charge in [0.2, 0.25) is 5.91 Å². The molecule has 2 aliphatic carbocycles. The fraction of sp³-hybridized carbons (Fsp3) is 0.737. The Morgan fingerprint density at radius 3 is 2.57 bits per heavy atom. The first-order valence-corrected chi connectivity index (χ1v) is 12.7. The summed E-state index contributed by atoms with van der Waals surface area (Å²) in [6, 6.07) is 0.386. The van der Waals surface area contributed by atoms with Crippen LogP contribution in [0.25, 0.3) is 0 Å². The Morgan fingerprint density at radius 1 is 1.21 bits per heavy atom. The highest BCUT2D eigenvalue weighted by Gasteiger charge is 2.57. The SMILES string of the molecule is CS(=O)(=O)O.O=C(NC1CCCCC1)C1CSC23C=CC=CC2N(O)CCC13. The number of rotatable bonds is 2. The van der Waals surface area contributed by atoms with Crippen LogP contribution < -0.4 is 5.32 Å². The largest absolute Gasteiger partial charge is 0.353 e. The smallest absolute Gasteiger partial charge is 0.261 e. The highest BCUT2D eigenvalue weighted by molar-refractivity contribution is 8.01. The quantitative estimate of drug-likeness (QED) is 0.577. The van der Waals surface area contributed by atoms with Gasteiger partial charge in [-0.1, -0.05) is 43.6 Å². The Kier molecular flexibility index (Phi) is 6.92. The predicted octanol–water partition coefficient (Wildman–Crippen LogP) is 2.25. The first kappa shape index (κ1) is 21.8. The number of nitrogens with zero attached hydrogens (tertiary/aromatic N) is 1. The zero-order chi connectivity index (χ0) is 20.4. The van der Waals surface area contributed by atoms with E-state index in [-0.39, 0.29) is 22.6 Å². The van der Waals surface area contributed by atoms with Crippen LogP contribution in [-0.2, 0) is 14.9 Å². The Labute approximate surface area is 171 Å². The number of hydroxylamine groups is 2. The molecule has 0 aromatic rings. The summed E-state index contributed by atoms with van der Waals surface area (Å²) in [7, 11) is -3.67. The first-order valence-electron chi connectivity index (χ1n) is 9.89. The molecule has 9 heteroatoms. The van der Waals surface area contributed by atoms with Crippen molar-refractivity contribution in [2.24, 2.45) is 11.8 Å². The van der Waals surface area contributed by atoms with E-state index in [1.807, 2.05) is 17.8 Å². The number of amides is 1. The minimum Gasteiger partial charge on any atom is -0.353 e. The average Bonchev–Trinajstić information content (AvgIpc) is 3.00. The zero-order valence-electron chi connectivity index (χ0n) is 16.2. The van der Waals surface area contributed by atoms with E-state index in [0.29, 0.717) is 24.8 Å². The van der Waals surface area contributed by atoms with Gasteiger partial charge in [-0.3, -0.25) is 9.35 Å². The van der Waals surface area contributed by atoms with Crippen LogP contribution in [0.2, 0.25) is 0 Å². The van der Waals surface area contributed by atoms with Crippen LogP contribution in [0, 0.1) is 11.8 Å². The molecular formula is C19H30N2O5S2. The molecule has 4 atom stereocenters. The molecule has 7 nitrogen and oxygen atoms in total. The molecule has 1 amide bonds. The molecule has 2 saturated heterocycles. The van der Waals surface area contributed by atoms with Crippen molar-refractivity contribution in [3.05, 3.63) is 24.3 Å². The lowest BCUT2D eigenvalue weighted by atomic mass is 9.71. The van der Waals surface area contributed by atoms with Crippen molar-refractivity contribution >= 4 is 27.8 Å². The van der Waals surface area contributed by atoms with E-state index in [2.05, 4.69) is 23.5 Å². The Hall–Kier alpha value is -0.870. The minimum absolute atomic E-state index is 0.00345. The van der Waals surface area contributed by atoms with Crippen molar-refractivity contribution in [2.75, 3.05) is 18.6 Å². The molecule has 0 bridgehead atoms. The highest BCUT2D eigenvalue weighted by Crippen LogP contribution is 2.55. The number of nitrogens with one attached hydrogen (secondary N) is 1. The summed E-state index contributed by atoms with van der Waals surface area (Å²) in [5, 5.41) is 15.1. The van der Waals surface area contributed by atoms with Crippen LogP contribution in [0.1, 0.15) is 38.5 Å². The maximum atomic E-state index is 12.9. The fourth-order valence-corrected chi connectivity index (χ4v) is 6.75. The number of hydrogen-bond donors (Lipinski definition) is 3. The van der Waals surface area contributed by atoms with Gasteiger partial charge in [0.25, 0.3) is 10.1 Å². The number of hydrogen-bond acceptors (Lipinski definition) is 6. The summed E-state index contributed by atoms with van der Waals surface area (Å²) in [6.07, 6.45) is 16.1. The Bertz CT molecular complexity index is 725. The monoisotopic (exact) mass is 430 g/mol. The van der Waals surface area contributed by atoms with Crippen molar-refractivity contribution < 1.29 is 23.0 Å². The van der Waals surface area contributed by atoms with E-state index in [4.69, 9.17) is 4.55 Å². The van der Waals surface area contributed by atoms with Gasteiger partial charge in [0.1, 0.15) is 0 Å². The number of carbonyl (C=O) groups is 1. The van der Waals surface area contributed by atoms with Crippen molar-refractivity contribution in [3.63, 3.8) is 0 Å². The van der Waals surface area contributed by atoms with Gasteiger partial charge >= 0.3 is 0 Å². The summed E-state index contributed by atoms with van der Waals surface area (Å²) in [5.41, 5.74) is 0. The van der Waals surface area contributed by atoms with Gasteiger partial charge in [0.05, 0.1) is 23.0 Å². The van der Waals surface area contributed by atoms with Crippen LogP contribution in [0.15, 0.2) is 24.3 Å². The van der Waals surface area contributed by atoms with Gasteiger partial charge in [-0.25, -0.2) is 0 Å². The van der Waals surface area contributed by atoms with Gasteiger partial charge in [-0.2, -0.15) is 13.5 Å². The van der Waals surface area contributed by atoms with Gasteiger partial charge < -0.3 is 10.5 Å². The van der Waals surface area contributed by atoms with Crippen LogP contribution in [0.4, 0.5) is 0 Å². The third-order valence-electron chi connectivity index (χ3n) is 6.08. The maximum Gasteiger partial charge on any atom is 0.261 e. The summed E-state index contributed by atoms with van der Waals surface area (Å²) in [5.74, 6) is 1.52. The Morgan fingerprint density at radius 2 is 1.89 bits per heavy atom. The van der Waals surface area contributed by atoms with Gasteiger partial charge in [-0.05, 0) is 25.2 Å². The fourth-order valence-electron chi connectivity index (χ4n) is 4.86. The average molecular weight is 431 g/mol. The Balaban J connectivity index is 0.000000403. The second-order valence-electron chi connectivity index (χ2n) is 8.09. The normalized spacial score (nSPS) is 35.5. The molecule has 4 rings (SSSR count). The summed E-state index contributed by atoms with van der Waals surface area (Å²) in [4.78, 5) is 12.9. The molecule has 1 spiro atoms. The van der Waals surface area contributed by atoms with Gasteiger partial charge in [0, 0.05) is 18.3 Å². The molecule has 3 N–H and O–H groups in total. The van der Waals surface area contributed by atoms with Crippen LogP contribution in [0.3, 0.4) is 0 Å². The molecule has 0 radical (unpaired) electrons. The molecule has 158 valence electrons. The second kappa shape index (κ2) is 8.87. The molecule has 4 aliphatic rings. The molecule has 3 fully saturated rings. The lowest BCUT2D eigenvalue weighted by molar-refractivity contribution is -0.149. The van der Waals surface area contributed by atoms with E-state index >= 15 is 0 Å². The van der Waals surface area contributed by atoms with Crippen molar-refractivity contribution in [1.29, 1.82) is 0 Å². The van der Waals surface area contributed by atoms with Crippen LogP contribution >= 0.6 is 11.8 Å². The van der Waals surface area contributed by atoms with Crippen molar-refractivity contribution in [3.8, 4) is 0 Å². The number of thioether (sulfide) groups is 1. The predicted molar refractivity (Wildman–Crippen MR) is 110 cm³/mol. The van der Waals surface area contributed by atoms with E-state index in [9.17, 15) is 18.4 Å². The molecule has 0 aromatic heterocycles. The topological polar surface area (TPSA) is 107 Å². The summed E-state index contributed by atoms with van der Waals surface area (Å²) in [6.45, 7) is 0.656. The summed E-state index contributed by atoms with van der Waals surface area (Å²) >= 11 is 1.86. The third kappa shape index (κ3) is 4.99. The number of carbonyl (C=O) groups excluding carboxylic acids is 1. The van der Waals surface area contributed by atoms with Crippen LogP contribution in [0.5, 0.6) is 0 Å². The molecule has 4 unspecified atom stereocenters. The van der Waals surface area contributed by atoms with Gasteiger partial charge in [-0.15, -0.1) is 11.8 Å². The second-order valence-corrected chi connectivity index (χ2v) is 10.9. The maximum absolute atomic E-state index is 12.9. The van der Waals surface area contributed by atoms with E-state index in [0.717, 1.165) is 25.0 Å². The van der Waals surface area contributed by atoms with E-state index in [1.165, 1.54) is 24.3 Å². The molecule has 1 saturated carbocycles.